The molecule has 1 unspecified atom stereocenters. The summed E-state index contributed by atoms with van der Waals surface area (Å²) in [6.45, 7) is 8.35. The van der Waals surface area contributed by atoms with Crippen LogP contribution in [-0.2, 0) is 60.7 Å². The summed E-state index contributed by atoms with van der Waals surface area (Å²) in [5, 5.41) is 12.5. The lowest BCUT2D eigenvalue weighted by atomic mass is 9.79. The second-order valence-electron chi connectivity index (χ2n) is 16.4. The molecule has 1 heterocycles. The molecule has 22 heteroatoms. The van der Waals surface area contributed by atoms with Crippen molar-refractivity contribution in [2.24, 2.45) is 0 Å². The topological polar surface area (TPSA) is 259 Å². The van der Waals surface area contributed by atoms with Gasteiger partial charge in [0.2, 0.25) is 5.69 Å². The van der Waals surface area contributed by atoms with Gasteiger partial charge in [-0.25, -0.2) is 5.26 Å². The molecular weight excluding hydrogens is 927 g/mol. The molecule has 2 aromatic rings. The molecule has 1 atom stereocenters. The molecule has 5 N–H and O–H groups in total. The average Bonchev–Trinajstić information content (AvgIpc) is 3.71. The van der Waals surface area contributed by atoms with Crippen molar-refractivity contribution in [1.82, 2.24) is 0 Å². The highest BCUT2D eigenvalue weighted by Gasteiger charge is 2.45. The van der Waals surface area contributed by atoms with Gasteiger partial charge in [-0.05, 0) is 92.5 Å². The van der Waals surface area contributed by atoms with Crippen LogP contribution >= 0.6 is 23.8 Å². The lowest BCUT2D eigenvalue weighted by Crippen LogP contribution is -2.28. The Morgan fingerprint density at radius 1 is 0.758 bits per heavy atom. The summed E-state index contributed by atoms with van der Waals surface area (Å²) in [4.78, 5) is 1.20. The minimum atomic E-state index is -4.52. The van der Waals surface area contributed by atoms with E-state index in [4.69, 9.17) is 5.26 Å². The Kier molecular flexibility index (Phi) is 16.1. The van der Waals surface area contributed by atoms with E-state index in [1.807, 2.05) is 64.1 Å². The van der Waals surface area contributed by atoms with Crippen molar-refractivity contribution in [1.29, 1.82) is 0 Å². The summed E-state index contributed by atoms with van der Waals surface area (Å²) in [5.74, 6) is -1.49. The molecule has 0 spiro atoms. The quantitative estimate of drug-likeness (QED) is 0.0201. The monoisotopic (exact) mass is 978 g/mol. The van der Waals surface area contributed by atoms with Crippen LogP contribution in [-0.4, -0.2) is 97.0 Å². The second kappa shape index (κ2) is 19.8. The van der Waals surface area contributed by atoms with Gasteiger partial charge < -0.3 is 0 Å². The maximum atomic E-state index is 12.1. The van der Waals surface area contributed by atoms with Crippen molar-refractivity contribution in [2.45, 2.75) is 99.2 Å². The molecule has 2 aromatic carbocycles. The van der Waals surface area contributed by atoms with Crippen molar-refractivity contribution >= 4 is 75.7 Å². The molecule has 0 saturated heterocycles. The summed E-state index contributed by atoms with van der Waals surface area (Å²) < 4.78 is 139. The van der Waals surface area contributed by atoms with Crippen LogP contribution in [0.5, 0.6) is 0 Å². The van der Waals surface area contributed by atoms with E-state index in [0.717, 1.165) is 56.2 Å². The number of hydrogen-bond donors (Lipinski definition) is 5. The lowest BCUT2D eigenvalue weighted by Gasteiger charge is -2.24. The molecular formula is C40H52NO15S6+. The zero-order valence-electron chi connectivity index (χ0n) is 34.6. The van der Waals surface area contributed by atoms with Crippen LogP contribution in [0.25, 0.3) is 0 Å². The van der Waals surface area contributed by atoms with E-state index in [0.29, 0.717) is 49.1 Å². The number of rotatable bonds is 21. The number of unbranched alkanes of at least 4 members (excludes halogenated alkanes) is 2. The molecule has 0 fully saturated rings. The summed E-state index contributed by atoms with van der Waals surface area (Å²) in [5.41, 5.74) is 5.54. The van der Waals surface area contributed by atoms with Gasteiger partial charge >= 0.3 is 0 Å². The summed E-state index contributed by atoms with van der Waals surface area (Å²) in [6.07, 6.45) is 10.8. The summed E-state index contributed by atoms with van der Waals surface area (Å²) in [6, 6.07) is 10.0. The van der Waals surface area contributed by atoms with Crippen molar-refractivity contribution in [2.75, 3.05) is 29.6 Å². The molecule has 0 radical (unpaired) electrons. The molecule has 5 rings (SSSR count). The second-order valence-corrected chi connectivity index (χ2v) is 24.4. The first-order valence-electron chi connectivity index (χ1n) is 19.6. The van der Waals surface area contributed by atoms with E-state index >= 15 is 0 Å². The Bertz CT molecular complexity index is 2660. The largest absolute Gasteiger partial charge is 0.294 e. The first-order chi connectivity index (χ1) is 28.7. The molecule has 16 nitrogen and oxygen atoms in total. The van der Waals surface area contributed by atoms with E-state index < -0.39 is 62.8 Å². The molecule has 0 aromatic heterocycles. The minimum Gasteiger partial charge on any atom is -0.286 e. The van der Waals surface area contributed by atoms with Gasteiger partial charge in [0.1, 0.15) is 6.54 Å². The molecule has 3 aliphatic rings. The highest BCUT2D eigenvalue weighted by atomic mass is 32.2. The van der Waals surface area contributed by atoms with Gasteiger partial charge in [0.25, 0.3) is 40.5 Å². The predicted molar refractivity (Wildman–Crippen MR) is 238 cm³/mol. The smallest absolute Gasteiger partial charge is 0.286 e. The van der Waals surface area contributed by atoms with Gasteiger partial charge in [-0.15, -0.1) is 16.1 Å². The first kappa shape index (κ1) is 50.3. The van der Waals surface area contributed by atoms with E-state index in [2.05, 4.69) is 13.9 Å². The van der Waals surface area contributed by atoms with Gasteiger partial charge in [0.05, 0.1) is 39.6 Å². The number of nitrogens with zero attached hydrogens (tertiary/aromatic N) is 1. The highest BCUT2D eigenvalue weighted by molar-refractivity contribution is 8.04. The third-order valence-electron chi connectivity index (χ3n) is 11.4. The van der Waals surface area contributed by atoms with Crippen molar-refractivity contribution < 1.29 is 71.1 Å². The van der Waals surface area contributed by atoms with Crippen LogP contribution in [0.2, 0.25) is 0 Å². The molecule has 62 heavy (non-hydrogen) atoms. The predicted octanol–water partition coefficient (Wildman–Crippen LogP) is 7.62. The fourth-order valence-corrected chi connectivity index (χ4v) is 12.6. The first-order valence-corrected chi connectivity index (χ1v) is 27.6. The van der Waals surface area contributed by atoms with Gasteiger partial charge in [-0.3, -0.25) is 18.2 Å². The minimum absolute atomic E-state index is 0.0542. The maximum Gasteiger partial charge on any atom is 0.294 e. The number of hydrogen-bond acceptors (Lipinski definition) is 13. The van der Waals surface area contributed by atoms with Crippen molar-refractivity contribution in [3.63, 3.8) is 0 Å². The zero-order chi connectivity index (χ0) is 45.9. The van der Waals surface area contributed by atoms with Crippen molar-refractivity contribution in [3.8, 4) is 0 Å². The molecule has 0 amide bonds. The maximum absolute atomic E-state index is 12.1. The highest BCUT2D eigenvalue weighted by Crippen LogP contribution is 2.53. The Balaban J connectivity index is 1.57. The van der Waals surface area contributed by atoms with Crippen LogP contribution in [0.1, 0.15) is 95.2 Å². The van der Waals surface area contributed by atoms with Crippen LogP contribution < -0.4 is 0 Å². The van der Waals surface area contributed by atoms with Gasteiger partial charge in [-0.2, -0.15) is 38.2 Å². The van der Waals surface area contributed by atoms with Crippen LogP contribution in [0.4, 0.5) is 5.69 Å². The third kappa shape index (κ3) is 12.8. The zero-order valence-corrected chi connectivity index (χ0v) is 39.5. The molecule has 0 saturated carbocycles. The fourth-order valence-electron chi connectivity index (χ4n) is 8.45. The Morgan fingerprint density at radius 2 is 1.42 bits per heavy atom. The third-order valence-corrected chi connectivity index (χ3v) is 16.6. The van der Waals surface area contributed by atoms with Crippen LogP contribution in [0.3, 0.4) is 0 Å². The number of thioether (sulfide) groups is 1. The van der Waals surface area contributed by atoms with Crippen LogP contribution in [0.15, 0.2) is 92.1 Å². The average molecular weight is 979 g/mol. The SMILES string of the molecule is CC1(C)C(C=CC2=C(SCCS(=O)(=O)O)C(=C/C=C3/C(CCCCS(=O)(=O)O)c4ccc(S(=O)(=O)O)cc4C3(C)C)CC2)=[N+](CCCCS(=O)(=O)O)c2ccc(SOOO)cc21. The number of fused-ring (bicyclic) bond motifs is 2. The van der Waals surface area contributed by atoms with Crippen molar-refractivity contribution in [3.05, 3.63) is 99.0 Å². The molecule has 1 aliphatic heterocycles. The lowest BCUT2D eigenvalue weighted by molar-refractivity contribution is -0.438. The van der Waals surface area contributed by atoms with Gasteiger partial charge in [0.15, 0.2) is 5.71 Å². The Hall–Kier alpha value is -2.71. The van der Waals surface area contributed by atoms with Gasteiger partial charge in [-0.1, -0.05) is 55.2 Å². The summed E-state index contributed by atoms with van der Waals surface area (Å²) in [7, 11) is -17.1. The van der Waals surface area contributed by atoms with Crippen LogP contribution in [0, 0.1) is 0 Å². The normalized spacial score (nSPS) is 20.3. The number of allylic oxidation sites excluding steroid dienone is 7. The van der Waals surface area contributed by atoms with E-state index in [1.165, 1.54) is 23.9 Å². The Labute approximate surface area is 372 Å². The number of benzene rings is 2. The standard InChI is InChI=1S/C40H51NO15S6/c1-39(2)33(31(9-5-7-22-59(43,44)45)32-16-15-30(26-34(32)39)62(52,53)54)17-12-27-10-11-28(38(27)57-21-24-61(49,50)51)13-19-37-40(3,4)35-25-29(58-56-55-42)14-18-36(35)41(37)20-6-8-23-60(46,47)48/h12-19,25-26,31H,5-11,20-24H2,1-4H3,(H4-,42,43,44,45,46,47,48,49,50,51,52,53,54)/p+1/b19-13?,27-12?,33-17-. The molecule has 0 bridgehead atoms. The molecule has 2 aliphatic carbocycles. The van der Waals surface area contributed by atoms with Gasteiger partial charge in [0, 0.05) is 51.0 Å². The van der Waals surface area contributed by atoms with E-state index in [-0.39, 0.29) is 35.2 Å². The molecule has 342 valence electrons. The van der Waals surface area contributed by atoms with E-state index in [9.17, 15) is 51.9 Å². The summed E-state index contributed by atoms with van der Waals surface area (Å²) >= 11 is 2.10. The fraction of sp³-hybridized carbons (Fsp3) is 0.475. The van der Waals surface area contributed by atoms with E-state index in [1.54, 1.807) is 12.1 Å². The Morgan fingerprint density at radius 3 is 2.05 bits per heavy atom.